The van der Waals surface area contributed by atoms with Crippen molar-refractivity contribution in [3.05, 3.63) is 53.3 Å². The fourth-order valence-electron chi connectivity index (χ4n) is 1.47. The van der Waals surface area contributed by atoms with Gasteiger partial charge in [0.2, 0.25) is 0 Å². The normalized spacial score (nSPS) is 10.4. The van der Waals surface area contributed by atoms with Gasteiger partial charge in [-0.25, -0.2) is 4.98 Å². The van der Waals surface area contributed by atoms with Gasteiger partial charge in [-0.15, -0.1) is 0 Å². The number of hydrogen-bond donors (Lipinski definition) is 1. The first kappa shape index (κ1) is 14.2. The van der Waals surface area contributed by atoms with Crippen molar-refractivity contribution in [2.45, 2.75) is 6.61 Å². The second-order valence-electron chi connectivity index (χ2n) is 3.72. The molecule has 1 heterocycles. The van der Waals surface area contributed by atoms with Crippen LogP contribution in [-0.4, -0.2) is 17.5 Å². The molecule has 104 valence electrons. The Morgan fingerprint density at radius 1 is 1.25 bits per heavy atom. The van der Waals surface area contributed by atoms with Crippen molar-refractivity contribution in [2.75, 3.05) is 5.32 Å². The van der Waals surface area contributed by atoms with Crippen LogP contribution < -0.4 is 10.1 Å². The summed E-state index contributed by atoms with van der Waals surface area (Å²) in [5.74, 6) is -0.359. The summed E-state index contributed by atoms with van der Waals surface area (Å²) in [4.78, 5) is 15.6. The number of nitrogens with one attached hydrogen (secondary N) is 1. The van der Waals surface area contributed by atoms with E-state index >= 15 is 0 Å². The van der Waals surface area contributed by atoms with Crippen LogP contribution in [0.4, 0.5) is 14.5 Å². The van der Waals surface area contributed by atoms with Gasteiger partial charge in [-0.05, 0) is 36.4 Å². The average molecular weight is 299 g/mol. The van der Waals surface area contributed by atoms with E-state index in [0.29, 0.717) is 11.3 Å². The van der Waals surface area contributed by atoms with Gasteiger partial charge in [-0.3, -0.25) is 4.79 Å². The van der Waals surface area contributed by atoms with E-state index in [2.05, 4.69) is 15.0 Å². The van der Waals surface area contributed by atoms with Gasteiger partial charge in [0.25, 0.3) is 5.91 Å². The van der Waals surface area contributed by atoms with Crippen molar-refractivity contribution >= 4 is 23.2 Å². The number of pyridine rings is 1. The van der Waals surface area contributed by atoms with Crippen molar-refractivity contribution in [1.29, 1.82) is 0 Å². The lowest BCUT2D eigenvalue weighted by Gasteiger charge is -2.07. The fourth-order valence-corrected chi connectivity index (χ4v) is 1.64. The number of nitrogens with zero attached hydrogens (tertiary/aromatic N) is 1. The quantitative estimate of drug-likeness (QED) is 0.878. The van der Waals surface area contributed by atoms with E-state index < -0.39 is 6.61 Å². The number of aromatic nitrogens is 1. The monoisotopic (exact) mass is 298 g/mol. The predicted molar refractivity (Wildman–Crippen MR) is 70.3 cm³/mol. The maximum absolute atomic E-state index is 12.0. The Morgan fingerprint density at radius 2 is 1.95 bits per heavy atom. The number of amides is 1. The highest BCUT2D eigenvalue weighted by atomic mass is 35.5. The van der Waals surface area contributed by atoms with Crippen molar-refractivity contribution in [1.82, 2.24) is 4.98 Å². The third kappa shape index (κ3) is 3.89. The zero-order chi connectivity index (χ0) is 14.5. The van der Waals surface area contributed by atoms with Crippen molar-refractivity contribution < 1.29 is 18.3 Å². The molecule has 1 aromatic heterocycles. The minimum absolute atomic E-state index is 0.0185. The third-order valence-electron chi connectivity index (χ3n) is 2.33. The summed E-state index contributed by atoms with van der Waals surface area (Å²) in [6.07, 6.45) is 1.41. The highest BCUT2D eigenvalue weighted by molar-refractivity contribution is 6.29. The lowest BCUT2D eigenvalue weighted by Crippen LogP contribution is -2.12. The van der Waals surface area contributed by atoms with Crippen LogP contribution >= 0.6 is 11.6 Å². The van der Waals surface area contributed by atoms with Crippen LogP contribution in [-0.2, 0) is 0 Å². The molecule has 0 saturated carbocycles. The summed E-state index contributed by atoms with van der Waals surface area (Å²) in [6, 6.07) is 8.51. The summed E-state index contributed by atoms with van der Waals surface area (Å²) in [5, 5.41) is 2.80. The molecule has 0 aliphatic rings. The third-order valence-corrected chi connectivity index (χ3v) is 2.53. The van der Waals surface area contributed by atoms with E-state index in [9.17, 15) is 13.6 Å². The Morgan fingerprint density at radius 3 is 2.55 bits per heavy atom. The molecule has 2 rings (SSSR count). The van der Waals surface area contributed by atoms with Gasteiger partial charge in [0.05, 0.1) is 0 Å². The summed E-state index contributed by atoms with van der Waals surface area (Å²) < 4.78 is 28.2. The number of benzene rings is 1. The average Bonchev–Trinajstić information content (AvgIpc) is 2.40. The van der Waals surface area contributed by atoms with Crippen LogP contribution in [0.1, 0.15) is 10.4 Å². The Labute approximate surface area is 118 Å². The smallest absolute Gasteiger partial charge is 0.387 e. The number of rotatable bonds is 4. The van der Waals surface area contributed by atoms with Gasteiger partial charge < -0.3 is 10.1 Å². The van der Waals surface area contributed by atoms with Crippen LogP contribution in [0.15, 0.2) is 42.6 Å². The SMILES string of the molecule is O=C(Nc1ccc(OC(F)F)cc1)c1ccnc(Cl)c1. The molecule has 4 nitrogen and oxygen atoms in total. The van der Waals surface area contributed by atoms with Crippen LogP contribution in [0.5, 0.6) is 5.75 Å². The zero-order valence-electron chi connectivity index (χ0n) is 10.0. The number of carbonyl (C=O) groups is 1. The molecular weight excluding hydrogens is 290 g/mol. The summed E-state index contributed by atoms with van der Waals surface area (Å²) in [6.45, 7) is -2.88. The minimum Gasteiger partial charge on any atom is -0.435 e. The number of halogens is 3. The van der Waals surface area contributed by atoms with E-state index in [0.717, 1.165) is 0 Å². The molecule has 0 aliphatic heterocycles. The molecule has 0 atom stereocenters. The maximum Gasteiger partial charge on any atom is 0.387 e. The molecule has 2 aromatic rings. The lowest BCUT2D eigenvalue weighted by atomic mass is 10.2. The van der Waals surface area contributed by atoms with Crippen molar-refractivity contribution in [3.8, 4) is 5.75 Å². The largest absolute Gasteiger partial charge is 0.435 e. The highest BCUT2D eigenvalue weighted by Crippen LogP contribution is 2.18. The summed E-state index contributed by atoms with van der Waals surface area (Å²) in [5.41, 5.74) is 0.794. The maximum atomic E-state index is 12.0. The molecule has 1 aromatic carbocycles. The van der Waals surface area contributed by atoms with Gasteiger partial charge >= 0.3 is 6.61 Å². The van der Waals surface area contributed by atoms with Gasteiger partial charge in [-0.1, -0.05) is 11.6 Å². The van der Waals surface area contributed by atoms with Crippen molar-refractivity contribution in [3.63, 3.8) is 0 Å². The minimum atomic E-state index is -2.88. The van der Waals surface area contributed by atoms with Crippen LogP contribution in [0.3, 0.4) is 0 Å². The van der Waals surface area contributed by atoms with Gasteiger partial charge in [0.1, 0.15) is 10.9 Å². The Balaban J connectivity index is 2.04. The molecule has 0 radical (unpaired) electrons. The first-order chi connectivity index (χ1) is 9.54. The number of hydrogen-bond acceptors (Lipinski definition) is 3. The standard InChI is InChI=1S/C13H9ClF2N2O2/c14-11-7-8(5-6-17-11)12(19)18-9-1-3-10(4-2-9)20-13(15)16/h1-7,13H,(H,18,19). The van der Waals surface area contributed by atoms with Crippen LogP contribution in [0, 0.1) is 0 Å². The van der Waals surface area contributed by atoms with E-state index in [1.807, 2.05) is 0 Å². The number of alkyl halides is 2. The molecule has 1 N–H and O–H groups in total. The topological polar surface area (TPSA) is 51.2 Å². The second-order valence-corrected chi connectivity index (χ2v) is 4.11. The Kier molecular flexibility index (Phi) is 4.47. The lowest BCUT2D eigenvalue weighted by molar-refractivity contribution is -0.0498. The van der Waals surface area contributed by atoms with E-state index in [4.69, 9.17) is 11.6 Å². The summed E-state index contributed by atoms with van der Waals surface area (Å²) in [7, 11) is 0. The van der Waals surface area contributed by atoms with Gasteiger partial charge in [0.15, 0.2) is 0 Å². The van der Waals surface area contributed by atoms with Crippen LogP contribution in [0.2, 0.25) is 5.15 Å². The van der Waals surface area contributed by atoms with Crippen LogP contribution in [0.25, 0.3) is 0 Å². The molecule has 20 heavy (non-hydrogen) atoms. The van der Waals surface area contributed by atoms with Crippen molar-refractivity contribution in [2.24, 2.45) is 0 Å². The molecule has 0 unspecified atom stereocenters. The van der Waals surface area contributed by atoms with E-state index in [1.165, 1.54) is 42.6 Å². The second kappa shape index (κ2) is 6.29. The molecule has 0 bridgehead atoms. The van der Waals surface area contributed by atoms with Gasteiger partial charge in [0, 0.05) is 17.4 Å². The van der Waals surface area contributed by atoms with E-state index in [1.54, 1.807) is 0 Å². The molecule has 0 spiro atoms. The molecule has 0 fully saturated rings. The zero-order valence-corrected chi connectivity index (χ0v) is 10.8. The molecule has 1 amide bonds. The molecule has 7 heteroatoms. The molecular formula is C13H9ClF2N2O2. The Bertz CT molecular complexity index is 606. The highest BCUT2D eigenvalue weighted by Gasteiger charge is 2.08. The number of anilines is 1. The fraction of sp³-hybridized carbons (Fsp3) is 0.0769. The number of carbonyl (C=O) groups excluding carboxylic acids is 1. The van der Waals surface area contributed by atoms with E-state index in [-0.39, 0.29) is 16.8 Å². The first-order valence-corrected chi connectivity index (χ1v) is 5.90. The number of ether oxygens (including phenoxy) is 1. The predicted octanol–water partition coefficient (Wildman–Crippen LogP) is 3.59. The molecule has 0 aliphatic carbocycles. The van der Waals surface area contributed by atoms with Gasteiger partial charge in [-0.2, -0.15) is 8.78 Å². The molecule has 0 saturated heterocycles. The summed E-state index contributed by atoms with van der Waals surface area (Å²) >= 11 is 5.68. The Hall–Kier alpha value is -2.21. The first-order valence-electron chi connectivity index (χ1n) is 5.52.